The number of ether oxygens (including phenoxy) is 1. The van der Waals surface area contributed by atoms with E-state index in [1.54, 1.807) is 12.1 Å². The molecule has 0 spiro atoms. The molecule has 0 radical (unpaired) electrons. The molecule has 0 aliphatic carbocycles. The Morgan fingerprint density at radius 3 is 2.36 bits per heavy atom. The predicted molar refractivity (Wildman–Crippen MR) is 143 cm³/mol. The molecule has 2 aromatic carbocycles. The number of piperazine rings is 1. The van der Waals surface area contributed by atoms with Gasteiger partial charge in [0.2, 0.25) is 0 Å². The van der Waals surface area contributed by atoms with Gasteiger partial charge in [-0.3, -0.25) is 14.5 Å². The van der Waals surface area contributed by atoms with Crippen molar-refractivity contribution >= 4 is 51.8 Å². The summed E-state index contributed by atoms with van der Waals surface area (Å²) in [7, 11) is 3.58. The quantitative estimate of drug-likeness (QED) is 0.294. The maximum absolute atomic E-state index is 13.4. The van der Waals surface area contributed by atoms with Crippen molar-refractivity contribution in [3.05, 3.63) is 81.0 Å². The van der Waals surface area contributed by atoms with Crippen LogP contribution in [0, 0.1) is 0 Å². The van der Waals surface area contributed by atoms with Crippen molar-refractivity contribution in [1.82, 2.24) is 4.90 Å². The van der Waals surface area contributed by atoms with Crippen molar-refractivity contribution < 1.29 is 19.4 Å². The van der Waals surface area contributed by atoms with Gasteiger partial charge in [-0.05, 0) is 61.0 Å². The third kappa shape index (κ3) is 4.36. The minimum atomic E-state index is -0.775. The number of anilines is 2. The van der Waals surface area contributed by atoms with Crippen LogP contribution in [0.25, 0.3) is 5.76 Å². The molecule has 0 saturated carbocycles. The van der Waals surface area contributed by atoms with E-state index in [1.807, 2.05) is 41.8 Å². The summed E-state index contributed by atoms with van der Waals surface area (Å²) < 4.78 is 5.39. The summed E-state index contributed by atoms with van der Waals surface area (Å²) in [6.45, 7) is 3.83. The molecule has 9 heteroatoms. The number of rotatable bonds is 5. The van der Waals surface area contributed by atoms with Crippen LogP contribution in [0.2, 0.25) is 5.02 Å². The molecule has 0 bridgehead atoms. The highest BCUT2D eigenvalue weighted by Crippen LogP contribution is 2.45. The molecule has 3 heterocycles. The number of methoxy groups -OCH3 is 1. The Balaban J connectivity index is 1.58. The van der Waals surface area contributed by atoms with Gasteiger partial charge in [0.15, 0.2) is 0 Å². The van der Waals surface area contributed by atoms with Gasteiger partial charge in [-0.1, -0.05) is 17.7 Å². The smallest absolute Gasteiger partial charge is 0.300 e. The molecule has 1 aromatic heterocycles. The fourth-order valence-electron chi connectivity index (χ4n) is 4.71. The molecule has 1 N–H and O–H groups in total. The van der Waals surface area contributed by atoms with Crippen LogP contribution in [0.5, 0.6) is 5.75 Å². The van der Waals surface area contributed by atoms with Crippen molar-refractivity contribution in [3.8, 4) is 5.75 Å². The first-order chi connectivity index (χ1) is 17.4. The van der Waals surface area contributed by atoms with E-state index < -0.39 is 17.7 Å². The molecule has 1 atom stereocenters. The van der Waals surface area contributed by atoms with Crippen LogP contribution in [0.1, 0.15) is 16.5 Å². The van der Waals surface area contributed by atoms with Gasteiger partial charge in [0, 0.05) is 47.5 Å². The fraction of sp³-hybridized carbons (Fsp3) is 0.259. The summed E-state index contributed by atoms with van der Waals surface area (Å²) >= 11 is 7.60. The van der Waals surface area contributed by atoms with Gasteiger partial charge in [-0.15, -0.1) is 11.3 Å². The number of ketones is 1. The topological polar surface area (TPSA) is 73.3 Å². The average molecular weight is 524 g/mol. The maximum atomic E-state index is 13.4. The summed E-state index contributed by atoms with van der Waals surface area (Å²) in [5.41, 5.74) is 1.92. The second-order valence-electron chi connectivity index (χ2n) is 8.84. The molecule has 3 aromatic rings. The van der Waals surface area contributed by atoms with Crippen LogP contribution >= 0.6 is 22.9 Å². The SMILES string of the molecule is COc1ccc(Cl)cc1/C(O)=C1/C(=O)C(=O)N(c2ccc(N3CCN(C)CC3)cc2)C1c1cccs1. The van der Waals surface area contributed by atoms with Crippen LogP contribution in [0.3, 0.4) is 0 Å². The van der Waals surface area contributed by atoms with Gasteiger partial charge in [-0.2, -0.15) is 0 Å². The normalized spacial score (nSPS) is 20.2. The second kappa shape index (κ2) is 9.97. The van der Waals surface area contributed by atoms with Gasteiger partial charge >= 0.3 is 0 Å². The number of carbonyl (C=O) groups excluding carboxylic acids is 2. The average Bonchev–Trinajstić information content (AvgIpc) is 3.51. The number of halogens is 1. The van der Waals surface area contributed by atoms with Crippen LogP contribution in [-0.4, -0.2) is 62.0 Å². The number of carbonyl (C=O) groups is 2. The number of nitrogens with zero attached hydrogens (tertiary/aromatic N) is 3. The lowest BCUT2D eigenvalue weighted by atomic mass is 9.99. The second-order valence-corrected chi connectivity index (χ2v) is 10.3. The van der Waals surface area contributed by atoms with Crippen LogP contribution in [-0.2, 0) is 9.59 Å². The van der Waals surface area contributed by atoms with Crippen molar-refractivity contribution in [2.45, 2.75) is 6.04 Å². The molecule has 7 nitrogen and oxygen atoms in total. The minimum absolute atomic E-state index is 0.00570. The van der Waals surface area contributed by atoms with Crippen molar-refractivity contribution in [2.75, 3.05) is 50.1 Å². The molecular formula is C27H26ClN3O4S. The Hall–Kier alpha value is -3.33. The van der Waals surface area contributed by atoms with E-state index in [0.717, 1.165) is 36.7 Å². The number of Topliss-reactive ketones (excluding diaryl/α,β-unsaturated/α-hetero) is 1. The molecule has 186 valence electrons. The summed E-state index contributed by atoms with van der Waals surface area (Å²) in [6.07, 6.45) is 0. The summed E-state index contributed by atoms with van der Waals surface area (Å²) in [5.74, 6) is -1.41. The highest BCUT2D eigenvalue weighted by Gasteiger charge is 2.47. The summed E-state index contributed by atoms with van der Waals surface area (Å²) in [6, 6.07) is 15.4. The van der Waals surface area contributed by atoms with E-state index >= 15 is 0 Å². The predicted octanol–water partition coefficient (Wildman–Crippen LogP) is 4.79. The van der Waals surface area contributed by atoms with Gasteiger partial charge in [0.05, 0.1) is 18.2 Å². The monoisotopic (exact) mass is 523 g/mol. The van der Waals surface area contributed by atoms with Crippen molar-refractivity contribution in [2.24, 2.45) is 0 Å². The van der Waals surface area contributed by atoms with E-state index in [2.05, 4.69) is 16.8 Å². The fourth-order valence-corrected chi connectivity index (χ4v) is 5.71. The van der Waals surface area contributed by atoms with Crippen molar-refractivity contribution in [1.29, 1.82) is 0 Å². The zero-order valence-corrected chi connectivity index (χ0v) is 21.6. The Labute approximate surface area is 218 Å². The van der Waals surface area contributed by atoms with E-state index in [1.165, 1.54) is 29.4 Å². The summed E-state index contributed by atoms with van der Waals surface area (Å²) in [5, 5.41) is 13.6. The standard InChI is InChI=1S/C27H26ClN3O4S/c1-29-11-13-30(14-12-29)18-6-8-19(9-7-18)31-24(22-4-3-15-36-22)23(26(33)27(31)34)25(32)20-16-17(28)5-10-21(20)35-2/h3-10,15-16,24,32H,11-14H2,1-2H3/b25-23-. The molecule has 2 aliphatic rings. The van der Waals surface area contributed by atoms with E-state index in [0.29, 0.717) is 16.5 Å². The third-order valence-corrected chi connectivity index (χ3v) is 7.83. The van der Waals surface area contributed by atoms with Crippen molar-refractivity contribution in [3.63, 3.8) is 0 Å². The highest BCUT2D eigenvalue weighted by molar-refractivity contribution is 7.10. The highest BCUT2D eigenvalue weighted by atomic mass is 35.5. The van der Waals surface area contributed by atoms with Crippen LogP contribution in [0.4, 0.5) is 11.4 Å². The number of thiophene rings is 1. The molecule has 36 heavy (non-hydrogen) atoms. The van der Waals surface area contributed by atoms with Crippen LogP contribution < -0.4 is 14.5 Å². The molecule has 1 amide bonds. The van der Waals surface area contributed by atoms with E-state index in [4.69, 9.17) is 16.3 Å². The lowest BCUT2D eigenvalue weighted by Gasteiger charge is -2.34. The first kappa shape index (κ1) is 24.4. The Morgan fingerprint density at radius 2 is 1.72 bits per heavy atom. The number of hydrogen-bond donors (Lipinski definition) is 1. The number of aliphatic hydroxyl groups excluding tert-OH is 1. The molecule has 5 rings (SSSR count). The van der Waals surface area contributed by atoms with Gasteiger partial charge in [0.25, 0.3) is 11.7 Å². The molecule has 2 saturated heterocycles. The Bertz CT molecular complexity index is 1320. The Morgan fingerprint density at radius 1 is 1.03 bits per heavy atom. The number of likely N-dealkylation sites (N-methyl/N-ethyl adjacent to an activating group) is 1. The molecule has 2 fully saturated rings. The molecule has 1 unspecified atom stereocenters. The number of benzene rings is 2. The van der Waals surface area contributed by atoms with Gasteiger partial charge < -0.3 is 19.6 Å². The zero-order valence-electron chi connectivity index (χ0n) is 20.0. The first-order valence-electron chi connectivity index (χ1n) is 11.6. The first-order valence-corrected chi connectivity index (χ1v) is 12.9. The minimum Gasteiger partial charge on any atom is -0.507 e. The van der Waals surface area contributed by atoms with E-state index in [-0.39, 0.29) is 16.9 Å². The third-order valence-electron chi connectivity index (χ3n) is 6.67. The van der Waals surface area contributed by atoms with Gasteiger partial charge in [0.1, 0.15) is 17.6 Å². The lowest BCUT2D eigenvalue weighted by Crippen LogP contribution is -2.44. The number of hydrogen-bond acceptors (Lipinski definition) is 7. The Kier molecular flexibility index (Phi) is 6.75. The van der Waals surface area contributed by atoms with Crippen LogP contribution in [0.15, 0.2) is 65.6 Å². The lowest BCUT2D eigenvalue weighted by molar-refractivity contribution is -0.132. The maximum Gasteiger partial charge on any atom is 0.300 e. The molecule has 2 aliphatic heterocycles. The number of aliphatic hydroxyl groups is 1. The largest absolute Gasteiger partial charge is 0.507 e. The number of amides is 1. The van der Waals surface area contributed by atoms with E-state index in [9.17, 15) is 14.7 Å². The zero-order chi connectivity index (χ0) is 25.4. The summed E-state index contributed by atoms with van der Waals surface area (Å²) in [4.78, 5) is 33.5. The van der Waals surface area contributed by atoms with Gasteiger partial charge in [-0.25, -0.2) is 0 Å². The molecular weight excluding hydrogens is 498 g/mol.